The summed E-state index contributed by atoms with van der Waals surface area (Å²) >= 11 is 1.72. The van der Waals surface area contributed by atoms with E-state index in [1.165, 1.54) is 10.4 Å². The highest BCUT2D eigenvalue weighted by molar-refractivity contribution is 7.13. The Kier molecular flexibility index (Phi) is 5.33. The van der Waals surface area contributed by atoms with Crippen molar-refractivity contribution in [3.05, 3.63) is 53.0 Å². The molecule has 7 nitrogen and oxygen atoms in total. The second-order valence-electron chi connectivity index (χ2n) is 8.01. The number of hydrogen-bond donors (Lipinski definition) is 1. The highest BCUT2D eigenvalue weighted by atomic mass is 32.1. The van der Waals surface area contributed by atoms with Gasteiger partial charge in [0.1, 0.15) is 11.5 Å². The quantitative estimate of drug-likeness (QED) is 0.649. The highest BCUT2D eigenvalue weighted by Gasteiger charge is 2.35. The monoisotopic (exact) mass is 435 g/mol. The van der Waals surface area contributed by atoms with Crippen molar-refractivity contribution in [2.24, 2.45) is 0 Å². The van der Waals surface area contributed by atoms with Crippen LogP contribution in [0.4, 0.5) is 17.5 Å². The van der Waals surface area contributed by atoms with E-state index in [4.69, 9.17) is 9.72 Å². The molecule has 0 bridgehead atoms. The van der Waals surface area contributed by atoms with Crippen LogP contribution in [0.3, 0.4) is 0 Å². The number of fused-ring (bicyclic) bond motifs is 1. The number of amides is 1. The van der Waals surface area contributed by atoms with Crippen LogP contribution in [-0.2, 0) is 11.3 Å². The Balaban J connectivity index is 1.49. The Hall–Kier alpha value is -2.97. The Morgan fingerprint density at radius 3 is 2.55 bits per heavy atom. The maximum atomic E-state index is 13.0. The smallest absolute Gasteiger partial charge is 0.273 e. The molecule has 2 aromatic heterocycles. The number of carbonyl (C=O) groups is 1. The first-order valence-corrected chi connectivity index (χ1v) is 11.4. The first-order chi connectivity index (χ1) is 15.1. The van der Waals surface area contributed by atoms with Crippen LogP contribution in [-0.4, -0.2) is 53.1 Å². The van der Waals surface area contributed by atoms with Gasteiger partial charge in [0.2, 0.25) is 5.95 Å². The van der Waals surface area contributed by atoms with Crippen LogP contribution in [0.25, 0.3) is 10.4 Å². The molecule has 0 unspecified atom stereocenters. The van der Waals surface area contributed by atoms with Crippen molar-refractivity contribution < 1.29 is 9.53 Å². The van der Waals surface area contributed by atoms with Crippen LogP contribution in [0.15, 0.2) is 41.8 Å². The summed E-state index contributed by atoms with van der Waals surface area (Å²) in [6.45, 7) is 7.28. The predicted octanol–water partition coefficient (Wildman–Crippen LogP) is 4.15. The van der Waals surface area contributed by atoms with E-state index in [0.717, 1.165) is 24.3 Å². The molecule has 1 N–H and O–H groups in total. The minimum Gasteiger partial charge on any atom is -0.378 e. The molecule has 31 heavy (non-hydrogen) atoms. The summed E-state index contributed by atoms with van der Waals surface area (Å²) in [7, 11) is 0. The third kappa shape index (κ3) is 3.88. The second kappa shape index (κ2) is 8.28. The molecule has 1 aromatic carbocycles. The van der Waals surface area contributed by atoms with Gasteiger partial charge in [-0.15, -0.1) is 11.3 Å². The summed E-state index contributed by atoms with van der Waals surface area (Å²) in [4.78, 5) is 27.7. The van der Waals surface area contributed by atoms with Gasteiger partial charge in [-0.3, -0.25) is 4.79 Å². The van der Waals surface area contributed by atoms with Gasteiger partial charge in [-0.05, 0) is 43.0 Å². The number of ether oxygens (including phenoxy) is 1. The van der Waals surface area contributed by atoms with E-state index in [1.54, 1.807) is 11.3 Å². The van der Waals surface area contributed by atoms with Crippen molar-refractivity contribution in [2.75, 3.05) is 36.5 Å². The van der Waals surface area contributed by atoms with E-state index in [-0.39, 0.29) is 11.9 Å². The number of carbonyl (C=O) groups excluding carboxylic acids is 1. The number of thiophene rings is 1. The van der Waals surface area contributed by atoms with Crippen molar-refractivity contribution in [1.82, 2.24) is 14.9 Å². The van der Waals surface area contributed by atoms with E-state index >= 15 is 0 Å². The van der Waals surface area contributed by atoms with Gasteiger partial charge in [0.05, 0.1) is 19.8 Å². The van der Waals surface area contributed by atoms with Crippen molar-refractivity contribution in [3.8, 4) is 10.4 Å². The van der Waals surface area contributed by atoms with Crippen LogP contribution in [0, 0.1) is 0 Å². The van der Waals surface area contributed by atoms with E-state index in [9.17, 15) is 4.79 Å². The fourth-order valence-electron chi connectivity index (χ4n) is 3.90. The number of rotatable bonds is 5. The van der Waals surface area contributed by atoms with Crippen LogP contribution >= 0.6 is 11.3 Å². The Morgan fingerprint density at radius 1 is 1.10 bits per heavy atom. The number of hydrogen-bond acceptors (Lipinski definition) is 7. The molecule has 1 amide bonds. The maximum Gasteiger partial charge on any atom is 0.273 e. The fraction of sp³-hybridized carbons (Fsp3) is 0.348. The van der Waals surface area contributed by atoms with Gasteiger partial charge in [0.25, 0.3) is 5.91 Å². The highest BCUT2D eigenvalue weighted by Crippen LogP contribution is 2.33. The topological polar surface area (TPSA) is 70.6 Å². The first-order valence-electron chi connectivity index (χ1n) is 10.6. The average Bonchev–Trinajstić information content (AvgIpc) is 3.44. The fourth-order valence-corrected chi connectivity index (χ4v) is 4.63. The zero-order chi connectivity index (χ0) is 21.4. The van der Waals surface area contributed by atoms with E-state index in [2.05, 4.69) is 57.0 Å². The number of anilines is 3. The first kappa shape index (κ1) is 20.0. The lowest BCUT2D eigenvalue weighted by atomic mass is 10.1. The lowest BCUT2D eigenvalue weighted by molar-refractivity contribution is 0.0726. The van der Waals surface area contributed by atoms with Crippen molar-refractivity contribution in [2.45, 2.75) is 26.4 Å². The molecule has 0 aliphatic carbocycles. The van der Waals surface area contributed by atoms with E-state index in [0.29, 0.717) is 37.2 Å². The standard InChI is InChI=1S/C23H25N5O2S/c1-15(2)28-14-18-20(22(28)29)25-23(27-9-11-30-12-10-27)26-21(18)24-17-7-5-16(6-8-17)19-4-3-13-31-19/h3-8,13,15H,9-12,14H2,1-2H3,(H,24,25,26). The maximum absolute atomic E-state index is 13.0. The van der Waals surface area contributed by atoms with Crippen LogP contribution < -0.4 is 10.2 Å². The van der Waals surface area contributed by atoms with E-state index in [1.807, 2.05) is 18.7 Å². The van der Waals surface area contributed by atoms with Crippen LogP contribution in [0.5, 0.6) is 0 Å². The van der Waals surface area contributed by atoms with Crippen LogP contribution in [0.1, 0.15) is 29.9 Å². The number of benzene rings is 1. The zero-order valence-corrected chi connectivity index (χ0v) is 18.5. The molecule has 2 aliphatic rings. The third-order valence-corrected chi connectivity index (χ3v) is 6.58. The molecule has 1 fully saturated rings. The van der Waals surface area contributed by atoms with Gasteiger partial charge in [-0.1, -0.05) is 18.2 Å². The molecule has 0 saturated carbocycles. The molecular formula is C23H25N5O2S. The lowest BCUT2D eigenvalue weighted by Crippen LogP contribution is -2.37. The van der Waals surface area contributed by atoms with Crippen molar-refractivity contribution in [1.29, 1.82) is 0 Å². The van der Waals surface area contributed by atoms with Gasteiger partial charge in [0.15, 0.2) is 0 Å². The Bertz CT molecular complexity index is 1080. The SMILES string of the molecule is CC(C)N1Cc2c(Nc3ccc(-c4cccs4)cc3)nc(N3CCOCC3)nc2C1=O. The number of nitrogens with zero attached hydrogens (tertiary/aromatic N) is 4. The van der Waals surface area contributed by atoms with Gasteiger partial charge >= 0.3 is 0 Å². The van der Waals surface area contributed by atoms with Gasteiger partial charge in [-0.25, -0.2) is 4.98 Å². The summed E-state index contributed by atoms with van der Waals surface area (Å²) in [5.41, 5.74) is 3.48. The largest absolute Gasteiger partial charge is 0.378 e. The predicted molar refractivity (Wildman–Crippen MR) is 123 cm³/mol. The molecule has 2 aliphatic heterocycles. The summed E-state index contributed by atoms with van der Waals surface area (Å²) < 4.78 is 5.46. The Morgan fingerprint density at radius 2 is 1.87 bits per heavy atom. The molecule has 0 atom stereocenters. The van der Waals surface area contributed by atoms with Gasteiger partial charge in [-0.2, -0.15) is 4.98 Å². The minimum absolute atomic E-state index is 0.0296. The molecule has 4 heterocycles. The number of nitrogens with one attached hydrogen (secondary N) is 1. The molecule has 8 heteroatoms. The van der Waals surface area contributed by atoms with E-state index < -0.39 is 0 Å². The second-order valence-corrected chi connectivity index (χ2v) is 8.95. The molecule has 0 spiro atoms. The van der Waals surface area contributed by atoms with Crippen molar-refractivity contribution >= 4 is 34.7 Å². The normalized spacial score (nSPS) is 16.2. The van der Waals surface area contributed by atoms with Gasteiger partial charge < -0.3 is 19.9 Å². The summed E-state index contributed by atoms with van der Waals surface area (Å²) in [5, 5.41) is 5.53. The molecule has 3 aromatic rings. The minimum atomic E-state index is -0.0296. The molecule has 5 rings (SSSR count). The molecule has 160 valence electrons. The zero-order valence-electron chi connectivity index (χ0n) is 17.7. The van der Waals surface area contributed by atoms with Crippen LogP contribution in [0.2, 0.25) is 0 Å². The number of morpholine rings is 1. The third-order valence-electron chi connectivity index (χ3n) is 5.66. The summed E-state index contributed by atoms with van der Waals surface area (Å²) in [6.07, 6.45) is 0. The van der Waals surface area contributed by atoms with Crippen molar-refractivity contribution in [3.63, 3.8) is 0 Å². The molecule has 1 saturated heterocycles. The van der Waals surface area contributed by atoms with Gasteiger partial charge in [0, 0.05) is 35.3 Å². The Labute approximate surface area is 185 Å². The summed E-state index contributed by atoms with van der Waals surface area (Å²) in [5.74, 6) is 1.25. The summed E-state index contributed by atoms with van der Waals surface area (Å²) in [6, 6.07) is 12.6. The number of aromatic nitrogens is 2. The molecule has 0 radical (unpaired) electrons. The molecular weight excluding hydrogens is 410 g/mol. The average molecular weight is 436 g/mol. The lowest BCUT2D eigenvalue weighted by Gasteiger charge is -2.27.